The third kappa shape index (κ3) is 2.87. The van der Waals surface area contributed by atoms with Crippen LogP contribution in [0.5, 0.6) is 0 Å². The van der Waals surface area contributed by atoms with Gasteiger partial charge in [0.1, 0.15) is 0 Å². The second-order valence-electron chi connectivity index (χ2n) is 3.11. The first kappa shape index (κ1) is 12.8. The highest BCUT2D eigenvalue weighted by atomic mass is 35.5. The highest BCUT2D eigenvalue weighted by Crippen LogP contribution is 2.36. The van der Waals surface area contributed by atoms with Gasteiger partial charge in [0.05, 0.1) is 24.2 Å². The molecular formula is C10H7ClF3NO. The molecular weight excluding hydrogens is 243 g/mol. The second kappa shape index (κ2) is 4.73. The normalized spacial score (nSPS) is 13.2. The summed E-state index contributed by atoms with van der Waals surface area (Å²) in [4.78, 5) is 0. The number of hydrogen-bond donors (Lipinski definition) is 1. The molecule has 2 nitrogen and oxygen atoms in total. The van der Waals surface area contributed by atoms with Crippen molar-refractivity contribution in [2.75, 3.05) is 0 Å². The topological polar surface area (TPSA) is 44.0 Å². The summed E-state index contributed by atoms with van der Waals surface area (Å²) in [5.74, 6) is 0. The summed E-state index contributed by atoms with van der Waals surface area (Å²) in [6.07, 6.45) is -6.46. The van der Waals surface area contributed by atoms with Crippen LogP contribution in [0.15, 0.2) is 18.2 Å². The van der Waals surface area contributed by atoms with Crippen LogP contribution in [-0.2, 0) is 6.18 Å². The minimum Gasteiger partial charge on any atom is -0.387 e. The van der Waals surface area contributed by atoms with E-state index in [0.717, 1.165) is 12.1 Å². The second-order valence-corrected chi connectivity index (χ2v) is 3.54. The van der Waals surface area contributed by atoms with E-state index < -0.39 is 24.3 Å². The summed E-state index contributed by atoms with van der Waals surface area (Å²) in [5, 5.41) is 17.6. The van der Waals surface area contributed by atoms with Crippen molar-refractivity contribution >= 4 is 11.6 Å². The lowest BCUT2D eigenvalue weighted by Gasteiger charge is -2.15. The van der Waals surface area contributed by atoms with Gasteiger partial charge in [0, 0.05) is 5.02 Å². The number of rotatable bonds is 2. The third-order valence-electron chi connectivity index (χ3n) is 1.96. The van der Waals surface area contributed by atoms with Crippen molar-refractivity contribution in [3.05, 3.63) is 34.3 Å². The van der Waals surface area contributed by atoms with Crippen molar-refractivity contribution in [2.45, 2.75) is 18.7 Å². The number of aliphatic hydroxyl groups is 1. The Hall–Kier alpha value is -1.25. The van der Waals surface area contributed by atoms with Gasteiger partial charge in [0.15, 0.2) is 0 Å². The lowest BCUT2D eigenvalue weighted by Crippen LogP contribution is -2.12. The molecule has 6 heteroatoms. The number of alkyl halides is 3. The zero-order valence-electron chi connectivity index (χ0n) is 7.92. The molecule has 1 rings (SSSR count). The minimum atomic E-state index is -4.60. The van der Waals surface area contributed by atoms with Crippen molar-refractivity contribution in [3.63, 3.8) is 0 Å². The van der Waals surface area contributed by atoms with E-state index in [-0.39, 0.29) is 10.6 Å². The van der Waals surface area contributed by atoms with Crippen molar-refractivity contribution in [2.24, 2.45) is 0 Å². The fourth-order valence-electron chi connectivity index (χ4n) is 1.26. The summed E-state index contributed by atoms with van der Waals surface area (Å²) >= 11 is 5.46. The first-order valence-electron chi connectivity index (χ1n) is 4.28. The van der Waals surface area contributed by atoms with Crippen molar-refractivity contribution < 1.29 is 18.3 Å². The van der Waals surface area contributed by atoms with E-state index in [1.165, 1.54) is 6.07 Å². The fraction of sp³-hybridized carbons (Fsp3) is 0.300. The lowest BCUT2D eigenvalue weighted by molar-refractivity contribution is -0.139. The molecule has 1 unspecified atom stereocenters. The summed E-state index contributed by atoms with van der Waals surface area (Å²) in [6.45, 7) is 0. The van der Waals surface area contributed by atoms with Crippen LogP contribution >= 0.6 is 11.6 Å². The average Bonchev–Trinajstić information content (AvgIpc) is 2.16. The maximum Gasteiger partial charge on any atom is 0.416 e. The zero-order chi connectivity index (χ0) is 12.3. The first-order chi connectivity index (χ1) is 7.36. The van der Waals surface area contributed by atoms with Gasteiger partial charge in [-0.1, -0.05) is 17.7 Å². The molecule has 16 heavy (non-hydrogen) atoms. The van der Waals surface area contributed by atoms with Crippen molar-refractivity contribution in [1.29, 1.82) is 5.26 Å². The van der Waals surface area contributed by atoms with E-state index in [0.29, 0.717) is 0 Å². The third-order valence-corrected chi connectivity index (χ3v) is 2.20. The number of nitrogens with zero attached hydrogens (tertiary/aromatic N) is 1. The van der Waals surface area contributed by atoms with Gasteiger partial charge < -0.3 is 5.11 Å². The van der Waals surface area contributed by atoms with Gasteiger partial charge in [-0.3, -0.25) is 0 Å². The Balaban J connectivity index is 3.24. The summed E-state index contributed by atoms with van der Waals surface area (Å²) < 4.78 is 37.7. The standard InChI is InChI=1S/C10H7ClF3NO/c11-6-1-2-7(9(16)3-4-15)8(5-6)10(12,13)14/h1-2,5,9,16H,3H2. The van der Waals surface area contributed by atoms with Gasteiger partial charge in [-0.05, 0) is 17.7 Å². The van der Waals surface area contributed by atoms with E-state index in [4.69, 9.17) is 16.9 Å². The summed E-state index contributed by atoms with van der Waals surface area (Å²) in [5.41, 5.74) is -1.35. The fourth-order valence-corrected chi connectivity index (χ4v) is 1.43. The molecule has 1 aromatic carbocycles. The Bertz CT molecular complexity index is 425. The van der Waals surface area contributed by atoms with Crippen LogP contribution in [0.25, 0.3) is 0 Å². The van der Waals surface area contributed by atoms with Crippen molar-refractivity contribution in [3.8, 4) is 6.07 Å². The molecule has 0 heterocycles. The first-order valence-corrected chi connectivity index (χ1v) is 4.65. The van der Waals surface area contributed by atoms with Crippen LogP contribution in [0.4, 0.5) is 13.2 Å². The number of benzene rings is 1. The minimum absolute atomic E-state index is 0.0692. The Morgan fingerprint density at radius 2 is 2.06 bits per heavy atom. The molecule has 0 aliphatic rings. The summed E-state index contributed by atoms with van der Waals surface area (Å²) in [7, 11) is 0. The van der Waals surface area contributed by atoms with E-state index in [1.807, 2.05) is 0 Å². The smallest absolute Gasteiger partial charge is 0.387 e. The van der Waals surface area contributed by atoms with Gasteiger partial charge in [0.2, 0.25) is 0 Å². The van der Waals surface area contributed by atoms with E-state index in [1.54, 1.807) is 6.07 Å². The molecule has 1 atom stereocenters. The van der Waals surface area contributed by atoms with Crippen LogP contribution in [-0.4, -0.2) is 5.11 Å². The molecule has 0 aromatic heterocycles. The summed E-state index contributed by atoms with van der Waals surface area (Å²) in [6, 6.07) is 4.66. The largest absolute Gasteiger partial charge is 0.416 e. The predicted octanol–water partition coefficient (Wildman–Crippen LogP) is 3.31. The van der Waals surface area contributed by atoms with Gasteiger partial charge in [0.25, 0.3) is 0 Å². The molecule has 1 aromatic rings. The van der Waals surface area contributed by atoms with Crippen molar-refractivity contribution in [1.82, 2.24) is 0 Å². The molecule has 0 radical (unpaired) electrons. The number of aliphatic hydroxyl groups excluding tert-OH is 1. The molecule has 0 saturated heterocycles. The van der Waals surface area contributed by atoms with E-state index >= 15 is 0 Å². The Morgan fingerprint density at radius 1 is 1.44 bits per heavy atom. The molecule has 86 valence electrons. The molecule has 0 amide bonds. The van der Waals surface area contributed by atoms with Crippen LogP contribution < -0.4 is 0 Å². The Kier molecular flexibility index (Phi) is 3.79. The number of hydrogen-bond acceptors (Lipinski definition) is 2. The zero-order valence-corrected chi connectivity index (χ0v) is 8.68. The SMILES string of the molecule is N#CCC(O)c1ccc(Cl)cc1C(F)(F)F. The van der Waals surface area contributed by atoms with Gasteiger partial charge in [-0.15, -0.1) is 0 Å². The van der Waals surface area contributed by atoms with E-state index in [2.05, 4.69) is 0 Å². The molecule has 0 bridgehead atoms. The van der Waals surface area contributed by atoms with Gasteiger partial charge >= 0.3 is 6.18 Å². The molecule has 0 spiro atoms. The van der Waals surface area contributed by atoms with Crippen LogP contribution in [0.2, 0.25) is 5.02 Å². The number of nitriles is 1. The van der Waals surface area contributed by atoms with Gasteiger partial charge in [-0.2, -0.15) is 18.4 Å². The Labute approximate surface area is 94.9 Å². The highest BCUT2D eigenvalue weighted by molar-refractivity contribution is 6.30. The Morgan fingerprint density at radius 3 is 2.56 bits per heavy atom. The quantitative estimate of drug-likeness (QED) is 0.874. The maximum absolute atomic E-state index is 12.6. The molecule has 0 fully saturated rings. The molecule has 0 saturated carbocycles. The monoisotopic (exact) mass is 249 g/mol. The van der Waals surface area contributed by atoms with Crippen LogP contribution in [0, 0.1) is 11.3 Å². The van der Waals surface area contributed by atoms with Gasteiger partial charge in [-0.25, -0.2) is 0 Å². The average molecular weight is 250 g/mol. The number of halogens is 4. The predicted molar refractivity (Wildman–Crippen MR) is 51.6 cm³/mol. The molecule has 1 N–H and O–H groups in total. The highest BCUT2D eigenvalue weighted by Gasteiger charge is 2.35. The molecule has 0 aliphatic heterocycles. The van der Waals surface area contributed by atoms with Crippen LogP contribution in [0.3, 0.4) is 0 Å². The molecule has 0 aliphatic carbocycles. The van der Waals surface area contributed by atoms with Crippen LogP contribution in [0.1, 0.15) is 23.7 Å². The lowest BCUT2D eigenvalue weighted by atomic mass is 10.0. The van der Waals surface area contributed by atoms with E-state index in [9.17, 15) is 18.3 Å². The maximum atomic E-state index is 12.6.